The molecule has 0 saturated carbocycles. The predicted octanol–water partition coefficient (Wildman–Crippen LogP) is 5.18. The van der Waals surface area contributed by atoms with E-state index in [0.29, 0.717) is 22.5 Å². The van der Waals surface area contributed by atoms with Crippen LogP contribution < -0.4 is 0 Å². The first-order chi connectivity index (χ1) is 15.0. The van der Waals surface area contributed by atoms with E-state index >= 15 is 0 Å². The average Bonchev–Trinajstić information content (AvgIpc) is 2.74. The number of hydrogen-bond acceptors (Lipinski definition) is 5. The molecule has 1 heterocycles. The Hall–Kier alpha value is -3.41. The van der Waals surface area contributed by atoms with Gasteiger partial charge in [0.15, 0.2) is 0 Å². The van der Waals surface area contributed by atoms with Crippen molar-refractivity contribution in [3.63, 3.8) is 0 Å². The molecule has 6 nitrogen and oxygen atoms in total. The summed E-state index contributed by atoms with van der Waals surface area (Å²) in [5, 5.41) is 28.6. The molecule has 4 rings (SSSR count). The fraction of sp³-hybridized carbons (Fsp3) is 0.160. The monoisotopic (exact) mass is 471 g/mol. The third-order valence-electron chi connectivity index (χ3n) is 4.76. The van der Waals surface area contributed by atoms with Gasteiger partial charge >= 0.3 is 17.1 Å². The number of aliphatic carboxylic acids is 1. The van der Waals surface area contributed by atoms with Gasteiger partial charge in [-0.3, -0.25) is 14.8 Å². The largest absolute Gasteiger partial charge is 2.00 e. The molecule has 3 N–H and O–H groups in total. The van der Waals surface area contributed by atoms with Crippen LogP contribution in [0.15, 0.2) is 70.6 Å². The van der Waals surface area contributed by atoms with Gasteiger partial charge in [-0.25, -0.2) is 0 Å². The quantitative estimate of drug-likeness (QED) is 0.394. The van der Waals surface area contributed by atoms with Crippen LogP contribution in [0.2, 0.25) is 0 Å². The summed E-state index contributed by atoms with van der Waals surface area (Å²) in [6.07, 6.45) is 5.61. The zero-order valence-electron chi connectivity index (χ0n) is 17.6. The number of aliphatic imine (C=N–C) groups is 2. The normalized spacial score (nSPS) is 12.2. The minimum absolute atomic E-state index is 0. The van der Waals surface area contributed by atoms with Gasteiger partial charge in [0, 0.05) is 30.5 Å². The van der Waals surface area contributed by atoms with Crippen LogP contribution in [-0.2, 0) is 34.7 Å². The van der Waals surface area contributed by atoms with Crippen LogP contribution in [0.4, 0.5) is 11.4 Å². The standard InChI is InChI=1S/C23H20N2O2.C2H4O2.Mn/c26-22-16-6-3-7-17-9-5-11-19(23(17)27)15-25-21-13-2-1-12-20(21)24-14-18(22)10-4-8-16;1-2(3)4;/h1-2,4-5,8-15,26-27H,3,6-7H2;1H3,(H,3,4);/q;;+2. The van der Waals surface area contributed by atoms with E-state index in [0.717, 1.165) is 37.3 Å². The molecule has 1 aliphatic heterocycles. The molecule has 163 valence electrons. The van der Waals surface area contributed by atoms with Crippen molar-refractivity contribution in [2.75, 3.05) is 0 Å². The van der Waals surface area contributed by atoms with E-state index < -0.39 is 5.97 Å². The molecule has 32 heavy (non-hydrogen) atoms. The maximum Gasteiger partial charge on any atom is 2.00 e. The van der Waals surface area contributed by atoms with Gasteiger partial charge in [-0.2, -0.15) is 0 Å². The van der Waals surface area contributed by atoms with Crippen LogP contribution in [0, 0.1) is 0 Å². The Bertz CT molecular complexity index is 1060. The molecule has 0 aliphatic carbocycles. The smallest absolute Gasteiger partial charge is 0.507 e. The molecule has 0 aromatic heterocycles. The topological polar surface area (TPSA) is 102 Å². The van der Waals surface area contributed by atoms with Gasteiger partial charge in [0.05, 0.1) is 11.4 Å². The van der Waals surface area contributed by atoms with Crippen LogP contribution in [0.25, 0.3) is 0 Å². The SMILES string of the molecule is CC(=O)O.Oc1c2cccc1CCCc1cccc(c1O)C=Nc1ccccc1N=C2.[Mn+2]. The second-order valence-corrected chi connectivity index (χ2v) is 7.09. The Kier molecular flexibility index (Phi) is 9.20. The van der Waals surface area contributed by atoms with E-state index in [1.807, 2.05) is 60.7 Å². The fourth-order valence-electron chi connectivity index (χ4n) is 3.26. The van der Waals surface area contributed by atoms with Crippen molar-refractivity contribution < 1.29 is 37.2 Å². The Morgan fingerprint density at radius 3 is 1.56 bits per heavy atom. The number of hydrogen-bond donors (Lipinski definition) is 3. The summed E-state index contributed by atoms with van der Waals surface area (Å²) >= 11 is 0. The zero-order chi connectivity index (χ0) is 22.2. The van der Waals surface area contributed by atoms with Crippen molar-refractivity contribution in [2.24, 2.45) is 9.98 Å². The summed E-state index contributed by atoms with van der Waals surface area (Å²) < 4.78 is 0. The van der Waals surface area contributed by atoms with Crippen LogP contribution in [0.5, 0.6) is 11.5 Å². The number of nitrogens with zero attached hydrogens (tertiary/aromatic N) is 2. The maximum absolute atomic E-state index is 10.6. The first-order valence-electron chi connectivity index (χ1n) is 9.94. The molecule has 0 unspecified atom stereocenters. The third-order valence-corrected chi connectivity index (χ3v) is 4.76. The maximum atomic E-state index is 10.6. The molecular weight excluding hydrogens is 447 g/mol. The number of carboxylic acid groups (broad SMARTS) is 1. The summed E-state index contributed by atoms with van der Waals surface area (Å²) in [5.41, 5.74) is 4.53. The Labute approximate surface area is 197 Å². The molecule has 0 atom stereocenters. The molecule has 1 aliphatic rings. The fourth-order valence-corrected chi connectivity index (χ4v) is 3.26. The van der Waals surface area contributed by atoms with Crippen LogP contribution in [-0.4, -0.2) is 33.7 Å². The second kappa shape index (κ2) is 11.8. The van der Waals surface area contributed by atoms with Gasteiger partial charge < -0.3 is 15.3 Å². The summed E-state index contributed by atoms with van der Waals surface area (Å²) in [6, 6.07) is 18.9. The summed E-state index contributed by atoms with van der Waals surface area (Å²) in [6.45, 7) is 1.08. The number of carboxylic acids is 1. The first-order valence-corrected chi connectivity index (χ1v) is 9.94. The van der Waals surface area contributed by atoms with Gasteiger partial charge in [-0.05, 0) is 54.7 Å². The van der Waals surface area contributed by atoms with Gasteiger partial charge in [0.2, 0.25) is 0 Å². The number of phenolic OH excluding ortho intramolecular Hbond substituents is 2. The van der Waals surface area contributed by atoms with Gasteiger partial charge in [0.1, 0.15) is 11.5 Å². The molecule has 3 aromatic rings. The van der Waals surface area contributed by atoms with Gasteiger partial charge in [0.25, 0.3) is 5.97 Å². The van der Waals surface area contributed by atoms with E-state index in [2.05, 4.69) is 9.98 Å². The van der Waals surface area contributed by atoms with Crippen molar-refractivity contribution >= 4 is 29.8 Å². The van der Waals surface area contributed by atoms with Crippen LogP contribution >= 0.6 is 0 Å². The average molecular weight is 471 g/mol. The number of rotatable bonds is 0. The molecule has 1 radical (unpaired) electrons. The minimum atomic E-state index is -0.833. The van der Waals surface area contributed by atoms with E-state index in [-0.39, 0.29) is 28.6 Å². The number of para-hydroxylation sites is 4. The predicted molar refractivity (Wildman–Crippen MR) is 122 cm³/mol. The van der Waals surface area contributed by atoms with Crippen molar-refractivity contribution in [3.8, 4) is 11.5 Å². The van der Waals surface area contributed by atoms with E-state index in [1.165, 1.54) is 0 Å². The molecule has 0 fully saturated rings. The third kappa shape index (κ3) is 6.54. The van der Waals surface area contributed by atoms with Gasteiger partial charge in [-0.1, -0.05) is 36.4 Å². The number of carbonyl (C=O) groups is 1. The zero-order valence-corrected chi connectivity index (χ0v) is 18.8. The van der Waals surface area contributed by atoms with Crippen molar-refractivity contribution in [1.82, 2.24) is 0 Å². The number of phenols is 2. The Morgan fingerprint density at radius 2 is 1.16 bits per heavy atom. The van der Waals surface area contributed by atoms with Crippen LogP contribution in [0.1, 0.15) is 35.6 Å². The number of aromatic hydroxyl groups is 2. The van der Waals surface area contributed by atoms with Crippen LogP contribution in [0.3, 0.4) is 0 Å². The molecule has 0 saturated heterocycles. The second-order valence-electron chi connectivity index (χ2n) is 7.09. The molecule has 4 bridgehead atoms. The Balaban J connectivity index is 0.000000672. The van der Waals surface area contributed by atoms with E-state index in [9.17, 15) is 10.2 Å². The van der Waals surface area contributed by atoms with Crippen molar-refractivity contribution in [2.45, 2.75) is 26.2 Å². The molecular formula is C25H24MnN2O4+2. The summed E-state index contributed by atoms with van der Waals surface area (Å²) in [4.78, 5) is 18.0. The van der Waals surface area contributed by atoms with Crippen molar-refractivity contribution in [1.29, 1.82) is 0 Å². The van der Waals surface area contributed by atoms with E-state index in [1.54, 1.807) is 12.4 Å². The molecule has 3 aromatic carbocycles. The minimum Gasteiger partial charge on any atom is -0.507 e. The van der Waals surface area contributed by atoms with Crippen molar-refractivity contribution in [3.05, 3.63) is 82.9 Å². The molecule has 0 spiro atoms. The molecule has 7 heteroatoms. The number of aryl methyl sites for hydroxylation is 2. The Morgan fingerprint density at radius 1 is 0.750 bits per heavy atom. The van der Waals surface area contributed by atoms with E-state index in [4.69, 9.17) is 9.90 Å². The summed E-state index contributed by atoms with van der Waals surface area (Å²) in [5.74, 6) is -0.315. The number of benzene rings is 3. The molecule has 0 amide bonds. The first kappa shape index (κ1) is 24.9. The van der Waals surface area contributed by atoms with Gasteiger partial charge in [-0.15, -0.1) is 0 Å². The number of fused-ring (bicyclic) bond motifs is 5. The summed E-state index contributed by atoms with van der Waals surface area (Å²) in [7, 11) is 0.